The fourth-order valence-corrected chi connectivity index (χ4v) is 2.36. The zero-order valence-electron chi connectivity index (χ0n) is 15.3. The molecule has 27 heavy (non-hydrogen) atoms. The summed E-state index contributed by atoms with van der Waals surface area (Å²) in [6.45, 7) is 3.23. The monoisotopic (exact) mass is 390 g/mol. The summed E-state index contributed by atoms with van der Waals surface area (Å²) >= 11 is 5.79. The Morgan fingerprint density at radius 3 is 2.26 bits per heavy atom. The SMILES string of the molecule is CC(C)(CO)NC(=O)Cc1ccc(NC(=O)COc2ccc(Cl)cc2)cc1. The fraction of sp³-hybridized carbons (Fsp3) is 0.300. The molecule has 0 saturated heterocycles. The highest BCUT2D eigenvalue weighted by molar-refractivity contribution is 6.30. The van der Waals surface area contributed by atoms with Crippen molar-refractivity contribution in [1.82, 2.24) is 5.32 Å². The van der Waals surface area contributed by atoms with Gasteiger partial charge < -0.3 is 20.5 Å². The number of ether oxygens (including phenoxy) is 1. The highest BCUT2D eigenvalue weighted by Crippen LogP contribution is 2.16. The second-order valence-corrected chi connectivity index (χ2v) is 7.19. The summed E-state index contributed by atoms with van der Waals surface area (Å²) in [5.41, 5.74) is 0.755. The molecule has 0 heterocycles. The third kappa shape index (κ3) is 7.29. The molecule has 2 amide bonds. The quantitative estimate of drug-likeness (QED) is 0.646. The fourth-order valence-electron chi connectivity index (χ4n) is 2.23. The van der Waals surface area contributed by atoms with Gasteiger partial charge in [-0.05, 0) is 55.8 Å². The van der Waals surface area contributed by atoms with Crippen LogP contribution in [0.2, 0.25) is 5.02 Å². The van der Waals surface area contributed by atoms with Crippen LogP contribution >= 0.6 is 11.6 Å². The van der Waals surface area contributed by atoms with Gasteiger partial charge in [0.05, 0.1) is 18.6 Å². The molecule has 0 unspecified atom stereocenters. The smallest absolute Gasteiger partial charge is 0.262 e. The number of carbonyl (C=O) groups excluding carboxylic acids is 2. The Bertz CT molecular complexity index is 774. The van der Waals surface area contributed by atoms with Crippen molar-refractivity contribution in [2.75, 3.05) is 18.5 Å². The zero-order valence-corrected chi connectivity index (χ0v) is 16.0. The van der Waals surface area contributed by atoms with Gasteiger partial charge in [-0.3, -0.25) is 9.59 Å². The standard InChI is InChI=1S/C20H23ClN2O4/c1-20(2,13-24)23-18(25)11-14-3-7-16(8-4-14)22-19(26)12-27-17-9-5-15(21)6-10-17/h3-10,24H,11-13H2,1-2H3,(H,22,26)(H,23,25). The molecule has 6 nitrogen and oxygen atoms in total. The van der Waals surface area contributed by atoms with Crippen LogP contribution in [0.1, 0.15) is 19.4 Å². The summed E-state index contributed by atoms with van der Waals surface area (Å²) in [6, 6.07) is 13.7. The third-order valence-corrected chi connectivity index (χ3v) is 3.91. The van der Waals surface area contributed by atoms with Gasteiger partial charge in [0.2, 0.25) is 5.91 Å². The van der Waals surface area contributed by atoms with Gasteiger partial charge in [-0.15, -0.1) is 0 Å². The predicted molar refractivity (Wildman–Crippen MR) is 105 cm³/mol. The minimum absolute atomic E-state index is 0.123. The molecular weight excluding hydrogens is 368 g/mol. The number of carbonyl (C=O) groups is 2. The maximum atomic E-state index is 12.0. The van der Waals surface area contributed by atoms with Gasteiger partial charge in [-0.1, -0.05) is 23.7 Å². The second kappa shape index (κ2) is 9.39. The molecule has 2 rings (SSSR count). The first-order chi connectivity index (χ1) is 12.8. The number of aliphatic hydroxyl groups excluding tert-OH is 1. The predicted octanol–water partition coefficient (Wildman–Crippen LogP) is 2.79. The molecule has 2 aromatic rings. The molecule has 0 radical (unpaired) electrons. The minimum Gasteiger partial charge on any atom is -0.484 e. The minimum atomic E-state index is -0.658. The summed E-state index contributed by atoms with van der Waals surface area (Å²) < 4.78 is 5.38. The van der Waals surface area contributed by atoms with E-state index in [1.807, 2.05) is 0 Å². The maximum Gasteiger partial charge on any atom is 0.262 e. The molecule has 0 aromatic heterocycles. The van der Waals surface area contributed by atoms with E-state index in [4.69, 9.17) is 16.3 Å². The Labute approximate surface area is 163 Å². The Kier molecular flexibility index (Phi) is 7.21. The lowest BCUT2D eigenvalue weighted by Crippen LogP contribution is -2.46. The molecule has 0 saturated carbocycles. The molecule has 2 aromatic carbocycles. The number of aliphatic hydroxyl groups is 1. The van der Waals surface area contributed by atoms with E-state index in [9.17, 15) is 14.7 Å². The van der Waals surface area contributed by atoms with Gasteiger partial charge in [-0.2, -0.15) is 0 Å². The number of anilines is 1. The van der Waals surface area contributed by atoms with E-state index in [0.29, 0.717) is 16.5 Å². The van der Waals surface area contributed by atoms with E-state index in [-0.39, 0.29) is 31.4 Å². The van der Waals surface area contributed by atoms with E-state index in [1.165, 1.54) is 0 Å². The Balaban J connectivity index is 1.81. The van der Waals surface area contributed by atoms with E-state index in [2.05, 4.69) is 10.6 Å². The van der Waals surface area contributed by atoms with Crippen LogP contribution in [0.4, 0.5) is 5.69 Å². The number of nitrogens with one attached hydrogen (secondary N) is 2. The molecule has 0 atom stereocenters. The molecular formula is C20H23ClN2O4. The molecule has 0 bridgehead atoms. The number of hydrogen-bond donors (Lipinski definition) is 3. The van der Waals surface area contributed by atoms with Crippen LogP contribution in [-0.4, -0.2) is 35.7 Å². The van der Waals surface area contributed by atoms with Gasteiger partial charge in [0, 0.05) is 10.7 Å². The van der Waals surface area contributed by atoms with Crippen molar-refractivity contribution >= 4 is 29.1 Å². The first-order valence-corrected chi connectivity index (χ1v) is 8.84. The number of amides is 2. The largest absolute Gasteiger partial charge is 0.484 e. The van der Waals surface area contributed by atoms with Crippen LogP contribution in [0, 0.1) is 0 Å². The Morgan fingerprint density at radius 2 is 1.67 bits per heavy atom. The van der Waals surface area contributed by atoms with Crippen LogP contribution in [0.5, 0.6) is 5.75 Å². The summed E-state index contributed by atoms with van der Waals surface area (Å²) in [4.78, 5) is 23.9. The third-order valence-electron chi connectivity index (χ3n) is 3.66. The summed E-state index contributed by atoms with van der Waals surface area (Å²) in [5.74, 6) is 0.0871. The average molecular weight is 391 g/mol. The number of hydrogen-bond acceptors (Lipinski definition) is 4. The first kappa shape index (κ1) is 20.7. The molecule has 0 aliphatic carbocycles. The number of benzene rings is 2. The molecule has 0 spiro atoms. The lowest BCUT2D eigenvalue weighted by Gasteiger charge is -2.23. The second-order valence-electron chi connectivity index (χ2n) is 6.75. The normalized spacial score (nSPS) is 11.0. The van der Waals surface area contributed by atoms with Crippen molar-refractivity contribution in [2.45, 2.75) is 25.8 Å². The molecule has 144 valence electrons. The van der Waals surface area contributed by atoms with E-state index in [1.54, 1.807) is 62.4 Å². The number of rotatable bonds is 8. The van der Waals surface area contributed by atoms with Gasteiger partial charge >= 0.3 is 0 Å². The maximum absolute atomic E-state index is 12.0. The summed E-state index contributed by atoms with van der Waals surface area (Å²) in [6.07, 6.45) is 0.192. The first-order valence-electron chi connectivity index (χ1n) is 8.46. The van der Waals surface area contributed by atoms with E-state index >= 15 is 0 Å². The number of halogens is 1. The molecule has 3 N–H and O–H groups in total. The Morgan fingerprint density at radius 1 is 1.04 bits per heavy atom. The van der Waals surface area contributed by atoms with Gasteiger partial charge in [0.15, 0.2) is 6.61 Å². The average Bonchev–Trinajstić information content (AvgIpc) is 2.62. The summed E-state index contributed by atoms with van der Waals surface area (Å²) in [5, 5.41) is 15.3. The Hall–Kier alpha value is -2.57. The topological polar surface area (TPSA) is 87.7 Å². The van der Waals surface area contributed by atoms with Crippen LogP contribution in [0.3, 0.4) is 0 Å². The highest BCUT2D eigenvalue weighted by atomic mass is 35.5. The van der Waals surface area contributed by atoms with Crippen molar-refractivity contribution < 1.29 is 19.4 Å². The van der Waals surface area contributed by atoms with Crippen LogP contribution in [-0.2, 0) is 16.0 Å². The summed E-state index contributed by atoms with van der Waals surface area (Å²) in [7, 11) is 0. The molecule has 0 aliphatic heterocycles. The van der Waals surface area contributed by atoms with Crippen molar-refractivity contribution in [3.05, 3.63) is 59.1 Å². The molecule has 0 aliphatic rings. The highest BCUT2D eigenvalue weighted by Gasteiger charge is 2.18. The van der Waals surface area contributed by atoms with Gasteiger partial charge in [-0.25, -0.2) is 0 Å². The van der Waals surface area contributed by atoms with Crippen LogP contribution in [0.15, 0.2) is 48.5 Å². The van der Waals surface area contributed by atoms with E-state index in [0.717, 1.165) is 5.56 Å². The van der Waals surface area contributed by atoms with Crippen LogP contribution < -0.4 is 15.4 Å². The zero-order chi connectivity index (χ0) is 19.9. The van der Waals surface area contributed by atoms with Crippen molar-refractivity contribution in [3.63, 3.8) is 0 Å². The van der Waals surface area contributed by atoms with Crippen LogP contribution in [0.25, 0.3) is 0 Å². The van der Waals surface area contributed by atoms with Crippen molar-refractivity contribution in [2.24, 2.45) is 0 Å². The molecule has 7 heteroatoms. The van der Waals surface area contributed by atoms with Gasteiger partial charge in [0.25, 0.3) is 5.91 Å². The molecule has 0 fully saturated rings. The van der Waals surface area contributed by atoms with E-state index < -0.39 is 5.54 Å². The lowest BCUT2D eigenvalue weighted by molar-refractivity contribution is -0.122. The van der Waals surface area contributed by atoms with Crippen molar-refractivity contribution in [3.8, 4) is 5.75 Å². The van der Waals surface area contributed by atoms with Crippen molar-refractivity contribution in [1.29, 1.82) is 0 Å². The lowest BCUT2D eigenvalue weighted by atomic mass is 10.1. The van der Waals surface area contributed by atoms with Gasteiger partial charge in [0.1, 0.15) is 5.75 Å².